The Morgan fingerprint density at radius 3 is 1.58 bits per heavy atom. The van der Waals surface area contributed by atoms with E-state index < -0.39 is 0 Å². The van der Waals surface area contributed by atoms with Crippen LogP contribution < -0.4 is 10.6 Å². The highest BCUT2D eigenvalue weighted by molar-refractivity contribution is 8.23. The minimum Gasteiger partial charge on any atom is -0.371 e. The van der Waals surface area contributed by atoms with E-state index in [1.54, 1.807) is 23.5 Å². The van der Waals surface area contributed by atoms with Gasteiger partial charge in [-0.25, -0.2) is 0 Å². The normalized spacial score (nSPS) is 10.2. The monoisotopic (exact) mass is 338 g/mol. The molecule has 0 atom stereocenters. The van der Waals surface area contributed by atoms with Gasteiger partial charge in [0.05, 0.1) is 0 Å². The van der Waals surface area contributed by atoms with Crippen molar-refractivity contribution in [2.45, 2.75) is 46.0 Å². The molecule has 0 saturated heterocycles. The molecule has 0 fully saturated rings. The SMILES string of the molecule is CCCCNC(=S)SCCCSC(=S)NCCCC. The molecule has 6 heteroatoms. The molecule has 0 unspecified atom stereocenters. The van der Waals surface area contributed by atoms with Crippen molar-refractivity contribution in [2.24, 2.45) is 0 Å². The molecule has 0 aliphatic heterocycles. The van der Waals surface area contributed by atoms with E-state index in [4.69, 9.17) is 24.4 Å². The van der Waals surface area contributed by atoms with Crippen LogP contribution in [0.2, 0.25) is 0 Å². The third-order valence-corrected chi connectivity index (χ3v) is 5.15. The zero-order valence-electron chi connectivity index (χ0n) is 12.0. The molecule has 0 heterocycles. The van der Waals surface area contributed by atoms with Crippen LogP contribution in [0.4, 0.5) is 0 Å². The molecule has 0 aliphatic rings. The maximum Gasteiger partial charge on any atom is 0.133 e. The third-order valence-electron chi connectivity index (χ3n) is 2.35. The highest BCUT2D eigenvalue weighted by atomic mass is 32.2. The van der Waals surface area contributed by atoms with Crippen molar-refractivity contribution in [3.05, 3.63) is 0 Å². The Morgan fingerprint density at radius 2 is 1.21 bits per heavy atom. The fraction of sp³-hybridized carbons (Fsp3) is 0.846. The van der Waals surface area contributed by atoms with Crippen LogP contribution in [0.25, 0.3) is 0 Å². The number of hydrogen-bond donors (Lipinski definition) is 2. The summed E-state index contributed by atoms with van der Waals surface area (Å²) in [5.41, 5.74) is 0. The van der Waals surface area contributed by atoms with Crippen molar-refractivity contribution in [1.29, 1.82) is 0 Å². The standard InChI is InChI=1S/C13H26N2S4/c1-3-5-8-14-12(16)18-10-7-11-19-13(17)15-9-6-4-2/h3-11H2,1-2H3,(H,14,16)(H,15,17). The van der Waals surface area contributed by atoms with Crippen LogP contribution >= 0.6 is 48.0 Å². The van der Waals surface area contributed by atoms with E-state index in [0.29, 0.717) is 0 Å². The summed E-state index contributed by atoms with van der Waals surface area (Å²) >= 11 is 14.0. The van der Waals surface area contributed by atoms with Gasteiger partial charge in [-0.15, -0.1) is 0 Å². The Bertz CT molecular complexity index is 223. The maximum atomic E-state index is 5.25. The minimum absolute atomic E-state index is 0.932. The van der Waals surface area contributed by atoms with E-state index in [0.717, 1.165) is 39.7 Å². The van der Waals surface area contributed by atoms with Crippen molar-refractivity contribution in [1.82, 2.24) is 10.6 Å². The summed E-state index contributed by atoms with van der Waals surface area (Å²) in [7, 11) is 0. The number of hydrogen-bond acceptors (Lipinski definition) is 4. The van der Waals surface area contributed by atoms with Crippen LogP contribution in [0.1, 0.15) is 46.0 Å². The zero-order chi connectivity index (χ0) is 14.3. The van der Waals surface area contributed by atoms with Gasteiger partial charge in [0.2, 0.25) is 0 Å². The van der Waals surface area contributed by atoms with Crippen molar-refractivity contribution >= 4 is 56.6 Å². The first-order valence-corrected chi connectivity index (χ1v) is 9.80. The number of unbranched alkanes of at least 4 members (excludes halogenated alkanes) is 2. The fourth-order valence-corrected chi connectivity index (χ4v) is 3.47. The average molecular weight is 339 g/mol. The van der Waals surface area contributed by atoms with Gasteiger partial charge >= 0.3 is 0 Å². The van der Waals surface area contributed by atoms with E-state index in [9.17, 15) is 0 Å². The average Bonchev–Trinajstić information content (AvgIpc) is 2.39. The molecule has 0 amide bonds. The Balaban J connectivity index is 3.29. The molecular weight excluding hydrogens is 312 g/mol. The number of nitrogens with one attached hydrogen (secondary N) is 2. The van der Waals surface area contributed by atoms with E-state index in [1.165, 1.54) is 25.7 Å². The van der Waals surface area contributed by atoms with Gasteiger partial charge in [-0.1, -0.05) is 74.6 Å². The van der Waals surface area contributed by atoms with Crippen LogP contribution in [0.3, 0.4) is 0 Å². The Morgan fingerprint density at radius 1 is 0.789 bits per heavy atom. The summed E-state index contributed by atoms with van der Waals surface area (Å²) in [6, 6.07) is 0. The first kappa shape index (κ1) is 19.5. The molecule has 0 aromatic heterocycles. The first-order chi connectivity index (χ1) is 9.20. The summed E-state index contributed by atoms with van der Waals surface area (Å²) < 4.78 is 1.86. The molecule has 0 bridgehead atoms. The summed E-state index contributed by atoms with van der Waals surface area (Å²) in [5.74, 6) is 2.14. The Hall–Kier alpha value is 0.480. The van der Waals surface area contributed by atoms with Gasteiger partial charge in [0.15, 0.2) is 0 Å². The topological polar surface area (TPSA) is 24.1 Å². The molecule has 0 rings (SSSR count). The van der Waals surface area contributed by atoms with Crippen molar-refractivity contribution < 1.29 is 0 Å². The van der Waals surface area contributed by atoms with Crippen LogP contribution in [-0.2, 0) is 0 Å². The van der Waals surface area contributed by atoms with Crippen molar-refractivity contribution in [3.63, 3.8) is 0 Å². The van der Waals surface area contributed by atoms with E-state index >= 15 is 0 Å². The molecule has 19 heavy (non-hydrogen) atoms. The van der Waals surface area contributed by atoms with Crippen LogP contribution in [0.5, 0.6) is 0 Å². The van der Waals surface area contributed by atoms with Gasteiger partial charge in [0, 0.05) is 24.6 Å². The molecule has 0 aliphatic carbocycles. The second-order valence-corrected chi connectivity index (χ2v) is 7.73. The summed E-state index contributed by atoms with van der Waals surface area (Å²) in [4.78, 5) is 0. The Kier molecular flexibility index (Phi) is 15.3. The van der Waals surface area contributed by atoms with Gasteiger partial charge in [-0.3, -0.25) is 0 Å². The molecular formula is C13H26N2S4. The van der Waals surface area contributed by atoms with Crippen LogP contribution in [0.15, 0.2) is 0 Å². The van der Waals surface area contributed by atoms with Crippen LogP contribution in [-0.4, -0.2) is 33.2 Å². The fourth-order valence-electron chi connectivity index (χ4n) is 1.23. The maximum absolute atomic E-state index is 5.25. The minimum atomic E-state index is 0.932. The zero-order valence-corrected chi connectivity index (χ0v) is 15.3. The largest absolute Gasteiger partial charge is 0.371 e. The smallest absolute Gasteiger partial charge is 0.133 e. The number of thiocarbonyl (C=S) groups is 2. The third kappa shape index (κ3) is 14.7. The lowest BCUT2D eigenvalue weighted by molar-refractivity contribution is 0.762. The lowest BCUT2D eigenvalue weighted by Gasteiger charge is -2.07. The summed E-state index contributed by atoms with van der Waals surface area (Å²) in [6.45, 7) is 6.38. The molecule has 0 aromatic rings. The molecule has 0 saturated carbocycles. The molecule has 2 N–H and O–H groups in total. The lowest BCUT2D eigenvalue weighted by atomic mass is 10.3. The number of thioether (sulfide) groups is 2. The van der Waals surface area contributed by atoms with Crippen molar-refractivity contribution in [2.75, 3.05) is 24.6 Å². The summed E-state index contributed by atoms with van der Waals surface area (Å²) in [6.07, 6.45) is 5.93. The second-order valence-electron chi connectivity index (χ2n) is 4.19. The van der Waals surface area contributed by atoms with E-state index in [-0.39, 0.29) is 0 Å². The summed E-state index contributed by atoms with van der Waals surface area (Å²) in [5, 5.41) is 6.53. The predicted molar refractivity (Wildman–Crippen MR) is 101 cm³/mol. The highest BCUT2D eigenvalue weighted by Gasteiger charge is 1.99. The predicted octanol–water partition coefficient (Wildman–Crippen LogP) is 4.19. The lowest BCUT2D eigenvalue weighted by Crippen LogP contribution is -2.20. The second kappa shape index (κ2) is 14.9. The van der Waals surface area contributed by atoms with Crippen LogP contribution in [0, 0.1) is 0 Å². The molecule has 0 spiro atoms. The molecule has 112 valence electrons. The van der Waals surface area contributed by atoms with E-state index in [2.05, 4.69) is 24.5 Å². The Labute approximate surface area is 137 Å². The highest BCUT2D eigenvalue weighted by Crippen LogP contribution is 2.10. The van der Waals surface area contributed by atoms with Gasteiger partial charge < -0.3 is 10.6 Å². The van der Waals surface area contributed by atoms with Gasteiger partial charge in [0.25, 0.3) is 0 Å². The molecule has 2 nitrogen and oxygen atoms in total. The van der Waals surface area contributed by atoms with Gasteiger partial charge in [0.1, 0.15) is 8.64 Å². The van der Waals surface area contributed by atoms with Gasteiger partial charge in [-0.2, -0.15) is 0 Å². The number of rotatable bonds is 10. The quantitative estimate of drug-likeness (QED) is 0.457. The van der Waals surface area contributed by atoms with Gasteiger partial charge in [-0.05, 0) is 19.3 Å². The van der Waals surface area contributed by atoms with E-state index in [1.807, 2.05) is 0 Å². The van der Waals surface area contributed by atoms with Crippen molar-refractivity contribution in [3.8, 4) is 0 Å². The molecule has 0 radical (unpaired) electrons. The molecule has 0 aromatic carbocycles. The first-order valence-electron chi connectivity index (χ1n) is 7.02.